The first kappa shape index (κ1) is 63.2. The van der Waals surface area contributed by atoms with E-state index < -0.39 is 0 Å². The average molecular weight is 1340 g/mol. The molecule has 0 heteroatoms. The zero-order chi connectivity index (χ0) is 70.3. The van der Waals surface area contributed by atoms with E-state index >= 15 is 0 Å². The van der Waals surface area contributed by atoms with Crippen LogP contribution in [-0.2, 0) is 0 Å². The Morgan fingerprint density at radius 2 is 0.198 bits per heavy atom. The van der Waals surface area contributed by atoms with Crippen molar-refractivity contribution in [2.24, 2.45) is 0 Å². The molecule has 0 nitrogen and oxygen atoms in total. The fourth-order valence-electron chi connectivity index (χ4n) is 15.6. The summed E-state index contributed by atoms with van der Waals surface area (Å²) < 4.78 is 0. The van der Waals surface area contributed by atoms with Gasteiger partial charge in [-0.1, -0.05) is 303 Å². The monoisotopic (exact) mass is 1340 g/mol. The summed E-state index contributed by atoms with van der Waals surface area (Å²) in [7, 11) is 0. The Labute approximate surface area is 619 Å². The lowest BCUT2D eigenvalue weighted by Crippen LogP contribution is -1.90. The molecular weight excluding hydrogens is 1270 g/mol. The van der Waals surface area contributed by atoms with Crippen LogP contribution in [0.5, 0.6) is 0 Å². The summed E-state index contributed by atoms with van der Waals surface area (Å²) in [6.45, 7) is 0. The molecule has 0 bridgehead atoms. The number of hydrogen-bond donors (Lipinski definition) is 0. The summed E-state index contributed by atoms with van der Waals surface area (Å²) in [4.78, 5) is 0. The molecule has 0 spiro atoms. The number of rotatable bonds is 14. The maximum atomic E-state index is 2.40. The number of benzene rings is 19. The van der Waals surface area contributed by atoms with Crippen LogP contribution in [0.1, 0.15) is 0 Å². The zero-order valence-corrected chi connectivity index (χ0v) is 58.4. The molecule has 0 amide bonds. The lowest BCUT2D eigenvalue weighted by Gasteiger charge is -2.16. The summed E-state index contributed by atoms with van der Waals surface area (Å²) in [6, 6.07) is 157. The van der Waals surface area contributed by atoms with E-state index in [1.807, 2.05) is 0 Å². The van der Waals surface area contributed by atoms with Gasteiger partial charge in [-0.3, -0.25) is 0 Å². The Hall–Kier alpha value is -13.8. The Morgan fingerprint density at radius 3 is 0.434 bits per heavy atom. The first-order valence-corrected chi connectivity index (χ1v) is 36.6. The van der Waals surface area contributed by atoms with E-state index in [4.69, 9.17) is 0 Å². The van der Waals surface area contributed by atoms with Crippen molar-refractivity contribution in [2.45, 2.75) is 0 Å². The van der Waals surface area contributed by atoms with Gasteiger partial charge in [-0.15, -0.1) is 0 Å². The van der Waals surface area contributed by atoms with Crippen LogP contribution in [0.25, 0.3) is 199 Å². The molecule has 0 unspecified atom stereocenters. The van der Waals surface area contributed by atoms with Crippen molar-refractivity contribution in [2.75, 3.05) is 0 Å². The van der Waals surface area contributed by atoms with Gasteiger partial charge in [-0.2, -0.15) is 0 Å². The second-order valence-corrected chi connectivity index (χ2v) is 28.1. The van der Waals surface area contributed by atoms with Gasteiger partial charge < -0.3 is 0 Å². The molecule has 0 saturated carbocycles. The van der Waals surface area contributed by atoms with Crippen LogP contribution in [-0.4, -0.2) is 0 Å². The molecular formula is C106H70. The molecule has 19 aromatic carbocycles. The molecule has 0 atom stereocenters. The van der Waals surface area contributed by atoms with Gasteiger partial charge in [0.1, 0.15) is 0 Å². The third kappa shape index (κ3) is 12.9. The maximum Gasteiger partial charge on any atom is -0.0171 e. The van der Waals surface area contributed by atoms with Crippen molar-refractivity contribution in [3.05, 3.63) is 425 Å². The number of fused-ring (bicyclic) bond motifs is 4. The fraction of sp³-hybridized carbons (Fsp3) is 0. The molecule has 0 N–H and O–H groups in total. The minimum absolute atomic E-state index is 1.14. The van der Waals surface area contributed by atoms with E-state index in [0.717, 1.165) is 66.8 Å². The van der Waals surface area contributed by atoms with Crippen molar-refractivity contribution in [1.82, 2.24) is 0 Å². The summed E-state index contributed by atoms with van der Waals surface area (Å²) >= 11 is 0. The summed E-state index contributed by atoms with van der Waals surface area (Å²) in [5.41, 5.74) is 32.7. The van der Waals surface area contributed by atoms with Crippen LogP contribution in [0.15, 0.2) is 425 Å². The van der Waals surface area contributed by atoms with E-state index in [9.17, 15) is 0 Å². The van der Waals surface area contributed by atoms with Gasteiger partial charge in [0, 0.05) is 0 Å². The topological polar surface area (TPSA) is 0 Å². The molecule has 0 aliphatic rings. The highest BCUT2D eigenvalue weighted by molar-refractivity contribution is 5.96. The highest BCUT2D eigenvalue weighted by atomic mass is 14.2. The fourth-order valence-corrected chi connectivity index (χ4v) is 15.6. The van der Waals surface area contributed by atoms with E-state index in [1.54, 1.807) is 0 Å². The van der Waals surface area contributed by atoms with Crippen molar-refractivity contribution < 1.29 is 0 Å². The lowest BCUT2D eigenvalue weighted by molar-refractivity contribution is 1.54. The van der Waals surface area contributed by atoms with Crippen LogP contribution < -0.4 is 0 Å². The van der Waals surface area contributed by atoms with Crippen molar-refractivity contribution in [1.29, 1.82) is 0 Å². The predicted molar refractivity (Wildman–Crippen MR) is 453 cm³/mol. The van der Waals surface area contributed by atoms with Gasteiger partial charge in [0.25, 0.3) is 0 Å². The third-order valence-corrected chi connectivity index (χ3v) is 21.3. The molecule has 0 fully saturated rings. The molecule has 0 aliphatic carbocycles. The summed E-state index contributed by atoms with van der Waals surface area (Å²) in [5, 5.41) is 9.82. The van der Waals surface area contributed by atoms with Crippen LogP contribution in [0, 0.1) is 0 Å². The van der Waals surface area contributed by atoms with Gasteiger partial charge in [0.2, 0.25) is 0 Å². The summed E-state index contributed by atoms with van der Waals surface area (Å²) in [5.74, 6) is 0. The normalized spacial score (nSPS) is 11.4. The first-order chi connectivity index (χ1) is 52.4. The lowest BCUT2D eigenvalue weighted by atomic mass is 9.88. The van der Waals surface area contributed by atoms with Crippen LogP contribution in [0.4, 0.5) is 0 Å². The van der Waals surface area contributed by atoms with Crippen LogP contribution in [0.2, 0.25) is 0 Å². The molecule has 0 heterocycles. The Balaban J connectivity index is 0.722. The maximum absolute atomic E-state index is 2.40. The van der Waals surface area contributed by atoms with E-state index in [1.165, 1.54) is 132 Å². The van der Waals surface area contributed by atoms with Gasteiger partial charge in [-0.05, 0) is 320 Å². The van der Waals surface area contributed by atoms with Crippen molar-refractivity contribution in [3.8, 4) is 156 Å². The molecule has 494 valence electrons. The first-order valence-electron chi connectivity index (χ1n) is 36.6. The van der Waals surface area contributed by atoms with Crippen LogP contribution in [0.3, 0.4) is 0 Å². The molecule has 0 aromatic heterocycles. The molecule has 0 aliphatic heterocycles. The van der Waals surface area contributed by atoms with Gasteiger partial charge in [-0.25, -0.2) is 0 Å². The minimum atomic E-state index is 1.14. The Bertz CT molecular complexity index is 6030. The van der Waals surface area contributed by atoms with E-state index in [0.29, 0.717) is 0 Å². The van der Waals surface area contributed by atoms with Gasteiger partial charge >= 0.3 is 0 Å². The van der Waals surface area contributed by atoms with Crippen molar-refractivity contribution in [3.63, 3.8) is 0 Å². The van der Waals surface area contributed by atoms with E-state index in [-0.39, 0.29) is 0 Å². The quantitative estimate of drug-likeness (QED) is 0.102. The van der Waals surface area contributed by atoms with Crippen LogP contribution >= 0.6 is 0 Å². The number of hydrogen-bond acceptors (Lipinski definition) is 0. The molecule has 0 radical (unpaired) electrons. The molecule has 0 saturated heterocycles. The largest absolute Gasteiger partial charge is 0.0622 e. The second kappa shape index (κ2) is 27.5. The predicted octanol–water partition coefficient (Wildman–Crippen LogP) is 29.6. The second-order valence-electron chi connectivity index (χ2n) is 28.1. The minimum Gasteiger partial charge on any atom is -0.0622 e. The molecule has 106 heavy (non-hydrogen) atoms. The SMILES string of the molecule is c1ccc(-c2cc(-c3ccccc3)cc(-c3ccc(-c4cccc(-c5cccc(-c6cc(-c7cccc(-c8cc(-c9ccc%10ccccc%10c9)cc(-c9ccc%10ccccc%10c9)c8)c7)cc(-c7cccc(-c8cc(-c9ccc%10ccccc%10c9)cc(-c9ccc%10ccccc%10c9)c8)c7)c6)c5)c4)cc3)c2)cc1. The van der Waals surface area contributed by atoms with E-state index in [2.05, 4.69) is 425 Å². The molecule has 19 aromatic rings. The standard InChI is InChI=1S/C106H70/c1-3-19-71(20-4-1)95-59-96(72-21-5-2-6-22-72)61-97(60-95)78-41-39-77(40-42-78)83-31-15-32-84(51-83)85-33-16-34-86(56-85)98-62-99(87-35-17-37-89(57-87)101-65-103(91-47-43-73-23-7-11-27-79(73)52-91)69-104(66-101)92-48-44-74-24-8-12-28-80(74)53-92)64-100(63-98)88-36-18-38-90(58-88)102-67-105(93-49-45-75-25-9-13-29-81(75)54-93)70-106(68-102)94-50-46-76-26-10-14-30-82(76)55-94/h1-70H. The average Bonchev–Trinajstić information content (AvgIpc) is 0.790. The highest BCUT2D eigenvalue weighted by Crippen LogP contribution is 2.43. The van der Waals surface area contributed by atoms with Gasteiger partial charge in [0.05, 0.1) is 0 Å². The Kier molecular flexibility index (Phi) is 16.4. The molecule has 19 rings (SSSR count). The zero-order valence-electron chi connectivity index (χ0n) is 58.4. The highest BCUT2D eigenvalue weighted by Gasteiger charge is 2.17. The Morgan fingerprint density at radius 1 is 0.0660 bits per heavy atom. The third-order valence-electron chi connectivity index (χ3n) is 21.3. The van der Waals surface area contributed by atoms with Gasteiger partial charge in [0.15, 0.2) is 0 Å². The van der Waals surface area contributed by atoms with Crippen molar-refractivity contribution >= 4 is 43.1 Å². The summed E-state index contributed by atoms with van der Waals surface area (Å²) in [6.07, 6.45) is 0. The smallest absolute Gasteiger partial charge is 0.0171 e.